The van der Waals surface area contributed by atoms with Gasteiger partial charge in [0.1, 0.15) is 11.5 Å². The third-order valence-electron chi connectivity index (χ3n) is 2.80. The molecule has 0 aromatic carbocycles. The molecule has 0 fully saturated rings. The predicted molar refractivity (Wildman–Crippen MR) is 59.8 cm³/mol. The number of hydrogen-bond acceptors (Lipinski definition) is 4. The van der Waals surface area contributed by atoms with Crippen molar-refractivity contribution in [2.24, 2.45) is 0 Å². The van der Waals surface area contributed by atoms with Gasteiger partial charge >= 0.3 is 0 Å². The van der Waals surface area contributed by atoms with Gasteiger partial charge < -0.3 is 4.42 Å². The Bertz CT molecular complexity index is 492. The van der Waals surface area contributed by atoms with Gasteiger partial charge in [0.15, 0.2) is 0 Å². The maximum absolute atomic E-state index is 5.74. The second-order valence-corrected chi connectivity index (χ2v) is 4.09. The quantitative estimate of drug-likeness (QED) is 0.726. The van der Waals surface area contributed by atoms with Gasteiger partial charge in [-0.15, -0.1) is 0 Å². The van der Waals surface area contributed by atoms with Crippen LogP contribution in [0.1, 0.15) is 11.5 Å². The lowest BCUT2D eigenvalue weighted by molar-refractivity contribution is 0.292. The van der Waals surface area contributed by atoms with Gasteiger partial charge in [-0.2, -0.15) is 0 Å². The Labute approximate surface area is 93.9 Å². The highest BCUT2D eigenvalue weighted by molar-refractivity contribution is 5.47. The maximum atomic E-state index is 5.74. The van der Waals surface area contributed by atoms with Crippen LogP contribution in [0.2, 0.25) is 0 Å². The molecule has 0 saturated carbocycles. The van der Waals surface area contributed by atoms with Gasteiger partial charge in [-0.1, -0.05) is 6.07 Å². The van der Waals surface area contributed by atoms with Crippen molar-refractivity contribution in [2.75, 3.05) is 13.6 Å². The smallest absolute Gasteiger partial charge is 0.245 e. The summed E-state index contributed by atoms with van der Waals surface area (Å²) in [5.74, 6) is 1.65. The average molecular weight is 215 g/mol. The number of oxazole rings is 1. The zero-order chi connectivity index (χ0) is 11.0. The Kier molecular flexibility index (Phi) is 2.22. The molecule has 0 aliphatic carbocycles. The lowest BCUT2D eigenvalue weighted by Gasteiger charge is -2.19. The summed E-state index contributed by atoms with van der Waals surface area (Å²) < 4.78 is 5.74. The van der Waals surface area contributed by atoms with E-state index in [0.717, 1.165) is 36.7 Å². The molecule has 2 aromatic rings. The minimum atomic E-state index is 0.640. The van der Waals surface area contributed by atoms with Crippen molar-refractivity contribution >= 4 is 0 Å². The lowest BCUT2D eigenvalue weighted by Crippen LogP contribution is -2.25. The summed E-state index contributed by atoms with van der Waals surface area (Å²) in [5.41, 5.74) is 1.86. The van der Waals surface area contributed by atoms with E-state index in [4.69, 9.17) is 4.42 Å². The zero-order valence-electron chi connectivity index (χ0n) is 9.18. The minimum absolute atomic E-state index is 0.640. The summed E-state index contributed by atoms with van der Waals surface area (Å²) in [4.78, 5) is 11.0. The lowest BCUT2D eigenvalue weighted by atomic mass is 10.2. The van der Waals surface area contributed by atoms with Crippen LogP contribution in [-0.4, -0.2) is 28.5 Å². The van der Waals surface area contributed by atoms with Crippen molar-refractivity contribution in [3.63, 3.8) is 0 Å². The van der Waals surface area contributed by atoms with Gasteiger partial charge in [0.05, 0.1) is 5.69 Å². The molecule has 1 aliphatic heterocycles. The zero-order valence-corrected chi connectivity index (χ0v) is 9.18. The molecule has 16 heavy (non-hydrogen) atoms. The van der Waals surface area contributed by atoms with Crippen LogP contribution in [0.3, 0.4) is 0 Å². The van der Waals surface area contributed by atoms with Crippen LogP contribution in [0.25, 0.3) is 11.6 Å². The van der Waals surface area contributed by atoms with Gasteiger partial charge in [-0.3, -0.25) is 9.88 Å². The van der Waals surface area contributed by atoms with Crippen molar-refractivity contribution in [3.8, 4) is 11.6 Å². The van der Waals surface area contributed by atoms with Crippen LogP contribution in [0, 0.1) is 0 Å². The maximum Gasteiger partial charge on any atom is 0.245 e. The fraction of sp³-hybridized carbons (Fsp3) is 0.333. The molecule has 0 unspecified atom stereocenters. The topological polar surface area (TPSA) is 42.2 Å². The van der Waals surface area contributed by atoms with Crippen molar-refractivity contribution in [3.05, 3.63) is 35.9 Å². The minimum Gasteiger partial charge on any atom is -0.440 e. The van der Waals surface area contributed by atoms with Gasteiger partial charge in [0, 0.05) is 25.7 Å². The van der Waals surface area contributed by atoms with Crippen LogP contribution >= 0.6 is 0 Å². The highest BCUT2D eigenvalue weighted by Crippen LogP contribution is 2.24. The third-order valence-corrected chi connectivity index (χ3v) is 2.80. The molecule has 2 aromatic heterocycles. The Balaban J connectivity index is 1.99. The molecule has 82 valence electrons. The van der Waals surface area contributed by atoms with Crippen LogP contribution < -0.4 is 0 Å². The van der Waals surface area contributed by atoms with Crippen molar-refractivity contribution in [1.29, 1.82) is 0 Å². The number of fused-ring (bicyclic) bond motifs is 1. The first kappa shape index (κ1) is 9.54. The van der Waals surface area contributed by atoms with Gasteiger partial charge in [-0.25, -0.2) is 4.98 Å². The Morgan fingerprint density at radius 2 is 2.31 bits per heavy atom. The van der Waals surface area contributed by atoms with E-state index in [1.54, 1.807) is 6.20 Å². The van der Waals surface area contributed by atoms with Gasteiger partial charge in [0.2, 0.25) is 5.89 Å². The van der Waals surface area contributed by atoms with E-state index in [0.29, 0.717) is 5.89 Å². The molecule has 0 saturated heterocycles. The molecular formula is C12H13N3O. The number of likely N-dealkylation sites (N-methyl/N-ethyl adjacent to an activating group) is 1. The third kappa shape index (κ3) is 1.61. The van der Waals surface area contributed by atoms with Crippen molar-refractivity contribution in [2.45, 2.75) is 13.0 Å². The van der Waals surface area contributed by atoms with Gasteiger partial charge in [0.25, 0.3) is 0 Å². The molecule has 0 bridgehead atoms. The van der Waals surface area contributed by atoms with E-state index >= 15 is 0 Å². The average Bonchev–Trinajstić information content (AvgIpc) is 2.73. The molecule has 4 nitrogen and oxygen atoms in total. The molecule has 0 N–H and O–H groups in total. The summed E-state index contributed by atoms with van der Waals surface area (Å²) in [6.45, 7) is 1.90. The second-order valence-electron chi connectivity index (χ2n) is 4.09. The molecule has 0 spiro atoms. The molecule has 4 heteroatoms. The number of hydrogen-bond donors (Lipinski definition) is 0. The van der Waals surface area contributed by atoms with E-state index in [1.165, 1.54) is 0 Å². The van der Waals surface area contributed by atoms with Gasteiger partial charge in [-0.05, 0) is 19.2 Å². The number of rotatable bonds is 1. The van der Waals surface area contributed by atoms with E-state index < -0.39 is 0 Å². The highest BCUT2D eigenvalue weighted by Gasteiger charge is 2.20. The Hall–Kier alpha value is -1.68. The molecular weight excluding hydrogens is 202 g/mol. The predicted octanol–water partition coefficient (Wildman–Crippen LogP) is 1.72. The fourth-order valence-corrected chi connectivity index (χ4v) is 1.93. The Morgan fingerprint density at radius 3 is 3.12 bits per heavy atom. The Morgan fingerprint density at radius 1 is 1.38 bits per heavy atom. The normalized spacial score (nSPS) is 16.1. The second kappa shape index (κ2) is 3.72. The van der Waals surface area contributed by atoms with Crippen LogP contribution in [0.4, 0.5) is 0 Å². The first-order valence-electron chi connectivity index (χ1n) is 5.41. The van der Waals surface area contributed by atoms with E-state index in [9.17, 15) is 0 Å². The fourth-order valence-electron chi connectivity index (χ4n) is 1.93. The van der Waals surface area contributed by atoms with Crippen LogP contribution in [-0.2, 0) is 13.0 Å². The van der Waals surface area contributed by atoms with Crippen LogP contribution in [0.15, 0.2) is 28.8 Å². The number of pyridine rings is 1. The molecule has 3 heterocycles. The van der Waals surface area contributed by atoms with E-state index in [2.05, 4.69) is 21.9 Å². The highest BCUT2D eigenvalue weighted by atomic mass is 16.4. The summed E-state index contributed by atoms with van der Waals surface area (Å²) in [6, 6.07) is 5.75. The van der Waals surface area contributed by atoms with Crippen molar-refractivity contribution < 1.29 is 4.42 Å². The molecule has 0 amide bonds. The molecule has 0 atom stereocenters. The van der Waals surface area contributed by atoms with Crippen molar-refractivity contribution in [1.82, 2.24) is 14.9 Å². The van der Waals surface area contributed by atoms with E-state index in [1.807, 2.05) is 18.2 Å². The molecule has 1 aliphatic rings. The summed E-state index contributed by atoms with van der Waals surface area (Å²) in [7, 11) is 2.10. The summed E-state index contributed by atoms with van der Waals surface area (Å²) >= 11 is 0. The SMILES string of the molecule is CN1CCc2oc(-c3ccccn3)nc2C1. The monoisotopic (exact) mass is 215 g/mol. The first-order valence-corrected chi connectivity index (χ1v) is 5.41. The summed E-state index contributed by atoms with van der Waals surface area (Å²) in [5, 5.41) is 0. The standard InChI is InChI=1S/C12H13N3O/c1-15-7-5-11-10(8-15)14-12(16-11)9-4-2-3-6-13-9/h2-4,6H,5,7-8H2,1H3. The first-order chi connectivity index (χ1) is 7.83. The molecule has 0 radical (unpaired) electrons. The number of nitrogens with zero attached hydrogens (tertiary/aromatic N) is 3. The van der Waals surface area contributed by atoms with E-state index in [-0.39, 0.29) is 0 Å². The summed E-state index contributed by atoms with van der Waals surface area (Å²) in [6.07, 6.45) is 2.69. The van der Waals surface area contributed by atoms with Crippen LogP contribution in [0.5, 0.6) is 0 Å². The molecule has 3 rings (SSSR count). The largest absolute Gasteiger partial charge is 0.440 e. The number of aromatic nitrogens is 2.